The van der Waals surface area contributed by atoms with Gasteiger partial charge in [-0.05, 0) is 37.5 Å². The van der Waals surface area contributed by atoms with Crippen LogP contribution in [-0.4, -0.2) is 67.6 Å². The van der Waals surface area contributed by atoms with Crippen LogP contribution in [0.3, 0.4) is 0 Å². The number of amides is 1. The van der Waals surface area contributed by atoms with Gasteiger partial charge < -0.3 is 19.9 Å². The van der Waals surface area contributed by atoms with Gasteiger partial charge >= 0.3 is 5.97 Å². The molecule has 3 fully saturated rings. The zero-order chi connectivity index (χ0) is 20.7. The number of fused-ring (bicyclic) bond motifs is 1. The first-order valence-corrected chi connectivity index (χ1v) is 10.6. The summed E-state index contributed by atoms with van der Waals surface area (Å²) in [7, 11) is 0. The van der Waals surface area contributed by atoms with E-state index in [0.29, 0.717) is 62.1 Å². The molecule has 30 heavy (non-hydrogen) atoms. The molecule has 1 spiro atoms. The molecule has 5 rings (SSSR count). The summed E-state index contributed by atoms with van der Waals surface area (Å²) in [6.45, 7) is 4.49. The van der Waals surface area contributed by atoms with E-state index in [2.05, 4.69) is 15.2 Å². The van der Waals surface area contributed by atoms with Crippen molar-refractivity contribution in [2.75, 3.05) is 50.8 Å². The fourth-order valence-corrected chi connectivity index (χ4v) is 4.89. The molecule has 3 aliphatic rings. The third-order valence-corrected chi connectivity index (χ3v) is 6.72. The second-order valence-corrected chi connectivity index (χ2v) is 8.38. The predicted molar refractivity (Wildman–Crippen MR) is 110 cm³/mol. The van der Waals surface area contributed by atoms with Gasteiger partial charge in [-0.25, -0.2) is 4.39 Å². The minimum atomic E-state index is -0.409. The third kappa shape index (κ3) is 3.19. The maximum Gasteiger partial charge on any atom is 0.312 e. The molecular formula is C22H25FN4O3. The normalized spacial score (nSPS) is 21.3. The number of benzene rings is 1. The number of cyclic esters (lactones) is 1. The lowest BCUT2D eigenvalue weighted by Gasteiger charge is -2.39. The number of pyridine rings is 1. The van der Waals surface area contributed by atoms with E-state index in [-0.39, 0.29) is 17.7 Å². The van der Waals surface area contributed by atoms with E-state index in [4.69, 9.17) is 4.74 Å². The monoisotopic (exact) mass is 412 g/mol. The molecule has 0 saturated carbocycles. The number of rotatable bonds is 2. The van der Waals surface area contributed by atoms with Gasteiger partial charge in [0.1, 0.15) is 5.82 Å². The highest BCUT2D eigenvalue weighted by Gasteiger charge is 2.46. The quantitative estimate of drug-likeness (QED) is 0.760. The van der Waals surface area contributed by atoms with Gasteiger partial charge in [0.2, 0.25) is 0 Å². The van der Waals surface area contributed by atoms with Crippen LogP contribution in [0.5, 0.6) is 0 Å². The van der Waals surface area contributed by atoms with Gasteiger partial charge in [-0.1, -0.05) is 0 Å². The van der Waals surface area contributed by atoms with E-state index in [1.165, 1.54) is 12.1 Å². The summed E-state index contributed by atoms with van der Waals surface area (Å²) in [4.78, 5) is 34.0. The summed E-state index contributed by atoms with van der Waals surface area (Å²) in [6, 6.07) is 4.49. The first-order chi connectivity index (χ1) is 14.6. The summed E-state index contributed by atoms with van der Waals surface area (Å²) in [5.74, 6) is -0.541. The van der Waals surface area contributed by atoms with E-state index < -0.39 is 5.41 Å². The van der Waals surface area contributed by atoms with Crippen molar-refractivity contribution in [2.45, 2.75) is 19.3 Å². The molecule has 7 nitrogen and oxygen atoms in total. The number of hydrogen-bond donors (Lipinski definition) is 1. The predicted octanol–water partition coefficient (Wildman–Crippen LogP) is 1.95. The summed E-state index contributed by atoms with van der Waals surface area (Å²) in [5.41, 5.74) is 1.47. The molecule has 158 valence electrons. The van der Waals surface area contributed by atoms with Gasteiger partial charge in [0, 0.05) is 50.9 Å². The van der Waals surface area contributed by atoms with Crippen LogP contribution in [-0.2, 0) is 9.53 Å². The average molecular weight is 412 g/mol. The standard InChI is InChI=1S/C22H25FN4O3/c23-15-1-2-18-16(13-15)19(17(14-25-18)20(28)27-10-6-24-7-11-27)26-8-3-22(4-9-26)5-12-30-21(22)29/h1-2,13-14,24H,3-12H2. The lowest BCUT2D eigenvalue weighted by molar-refractivity contribution is -0.147. The maximum atomic E-state index is 14.2. The van der Waals surface area contributed by atoms with E-state index in [9.17, 15) is 14.0 Å². The number of nitrogens with zero attached hydrogens (tertiary/aromatic N) is 3. The van der Waals surface area contributed by atoms with Crippen LogP contribution in [0.2, 0.25) is 0 Å². The zero-order valence-corrected chi connectivity index (χ0v) is 16.8. The molecule has 3 saturated heterocycles. The Labute approximate surface area is 174 Å². The van der Waals surface area contributed by atoms with Crippen LogP contribution in [0.25, 0.3) is 10.9 Å². The van der Waals surface area contributed by atoms with Gasteiger partial charge in [0.15, 0.2) is 0 Å². The van der Waals surface area contributed by atoms with Gasteiger partial charge in [-0.3, -0.25) is 14.6 Å². The molecule has 8 heteroatoms. The molecule has 1 aromatic carbocycles. The molecule has 1 aromatic heterocycles. The molecule has 0 aliphatic carbocycles. The Balaban J connectivity index is 1.54. The average Bonchev–Trinajstić information content (AvgIpc) is 3.13. The van der Waals surface area contributed by atoms with Gasteiger partial charge in [0.05, 0.1) is 28.8 Å². The number of anilines is 1. The minimum absolute atomic E-state index is 0.0780. The van der Waals surface area contributed by atoms with Crippen LogP contribution < -0.4 is 10.2 Å². The number of halogens is 1. The lowest BCUT2D eigenvalue weighted by atomic mass is 9.77. The number of aromatic nitrogens is 1. The van der Waals surface area contributed by atoms with Crippen molar-refractivity contribution >= 4 is 28.5 Å². The molecule has 0 radical (unpaired) electrons. The summed E-state index contributed by atoms with van der Waals surface area (Å²) < 4.78 is 19.4. The Morgan fingerprint density at radius 2 is 1.90 bits per heavy atom. The number of nitrogens with one attached hydrogen (secondary N) is 1. The van der Waals surface area contributed by atoms with Crippen LogP contribution >= 0.6 is 0 Å². The van der Waals surface area contributed by atoms with Crippen molar-refractivity contribution < 1.29 is 18.7 Å². The van der Waals surface area contributed by atoms with Crippen molar-refractivity contribution in [1.29, 1.82) is 0 Å². The van der Waals surface area contributed by atoms with E-state index in [1.54, 1.807) is 12.3 Å². The molecule has 3 aliphatic heterocycles. The fourth-order valence-electron chi connectivity index (χ4n) is 4.89. The Morgan fingerprint density at radius 3 is 2.60 bits per heavy atom. The number of ether oxygens (including phenoxy) is 1. The minimum Gasteiger partial charge on any atom is -0.465 e. The topological polar surface area (TPSA) is 74.8 Å². The molecule has 1 N–H and O–H groups in total. The summed E-state index contributed by atoms with van der Waals surface area (Å²) in [6.07, 6.45) is 3.71. The lowest BCUT2D eigenvalue weighted by Crippen LogP contribution is -2.47. The second kappa shape index (κ2) is 7.50. The smallest absolute Gasteiger partial charge is 0.312 e. The van der Waals surface area contributed by atoms with Gasteiger partial charge in [0.25, 0.3) is 5.91 Å². The highest BCUT2D eigenvalue weighted by Crippen LogP contribution is 2.43. The van der Waals surface area contributed by atoms with Crippen molar-refractivity contribution in [2.24, 2.45) is 5.41 Å². The number of carbonyl (C=O) groups is 2. The van der Waals surface area contributed by atoms with Gasteiger partial charge in [-0.15, -0.1) is 0 Å². The molecule has 1 amide bonds. The summed E-state index contributed by atoms with van der Waals surface area (Å²) in [5, 5.41) is 3.89. The third-order valence-electron chi connectivity index (χ3n) is 6.72. The van der Waals surface area contributed by atoms with E-state index in [0.717, 1.165) is 25.2 Å². The van der Waals surface area contributed by atoms with Crippen LogP contribution in [0, 0.1) is 11.2 Å². The Morgan fingerprint density at radius 1 is 1.13 bits per heavy atom. The van der Waals surface area contributed by atoms with Gasteiger partial charge in [-0.2, -0.15) is 0 Å². The second-order valence-electron chi connectivity index (χ2n) is 8.38. The van der Waals surface area contributed by atoms with Crippen molar-refractivity contribution in [3.63, 3.8) is 0 Å². The van der Waals surface area contributed by atoms with Crippen molar-refractivity contribution in [3.8, 4) is 0 Å². The van der Waals surface area contributed by atoms with E-state index >= 15 is 0 Å². The SMILES string of the molecule is O=C(c1cnc2ccc(F)cc2c1N1CCC2(CCOC2=O)CC1)N1CCNCC1. The Bertz CT molecular complexity index is 997. The molecular weight excluding hydrogens is 387 g/mol. The Hall–Kier alpha value is -2.74. The van der Waals surface area contributed by atoms with Crippen LogP contribution in [0.4, 0.5) is 10.1 Å². The highest BCUT2D eigenvalue weighted by atomic mass is 19.1. The first-order valence-electron chi connectivity index (χ1n) is 10.6. The van der Waals surface area contributed by atoms with Crippen LogP contribution in [0.15, 0.2) is 24.4 Å². The first kappa shape index (κ1) is 19.2. The number of carbonyl (C=O) groups excluding carboxylic acids is 2. The zero-order valence-electron chi connectivity index (χ0n) is 16.8. The van der Waals surface area contributed by atoms with Crippen molar-refractivity contribution in [1.82, 2.24) is 15.2 Å². The van der Waals surface area contributed by atoms with Crippen LogP contribution in [0.1, 0.15) is 29.6 Å². The largest absolute Gasteiger partial charge is 0.465 e. The molecule has 0 unspecified atom stereocenters. The molecule has 0 bridgehead atoms. The molecule has 4 heterocycles. The van der Waals surface area contributed by atoms with Crippen molar-refractivity contribution in [3.05, 3.63) is 35.8 Å². The molecule has 0 atom stereocenters. The Kier molecular flexibility index (Phi) is 4.81. The van der Waals surface area contributed by atoms with E-state index in [1.807, 2.05) is 4.90 Å². The number of esters is 1. The summed E-state index contributed by atoms with van der Waals surface area (Å²) >= 11 is 0. The maximum absolute atomic E-state index is 14.2. The number of piperazine rings is 1. The molecule has 2 aromatic rings. The fraction of sp³-hybridized carbons (Fsp3) is 0.500. The number of piperidine rings is 1. The number of hydrogen-bond acceptors (Lipinski definition) is 6. The highest BCUT2D eigenvalue weighted by molar-refractivity contribution is 6.07.